The summed E-state index contributed by atoms with van der Waals surface area (Å²) in [5.74, 6) is 0.101. The minimum atomic E-state index is 0.101. The van der Waals surface area contributed by atoms with Gasteiger partial charge < -0.3 is 14.8 Å². The summed E-state index contributed by atoms with van der Waals surface area (Å²) in [5.41, 5.74) is 0.770. The molecular formula is C15H25BrN4O. The molecule has 6 heteroatoms. The summed E-state index contributed by atoms with van der Waals surface area (Å²) in [6.07, 6.45) is 3.01. The maximum absolute atomic E-state index is 12.6. The molecule has 0 aromatic carbocycles. The molecule has 5 nitrogen and oxygen atoms in total. The normalized spacial score (nSPS) is 16.1. The van der Waals surface area contributed by atoms with E-state index in [-0.39, 0.29) is 5.91 Å². The number of hydrogen-bond acceptors (Lipinski definition) is 3. The van der Waals surface area contributed by atoms with Crippen LogP contribution in [0.3, 0.4) is 0 Å². The van der Waals surface area contributed by atoms with Crippen molar-refractivity contribution in [2.45, 2.75) is 19.9 Å². The van der Waals surface area contributed by atoms with E-state index in [9.17, 15) is 4.79 Å². The maximum atomic E-state index is 12.6. The fourth-order valence-electron chi connectivity index (χ4n) is 2.60. The van der Waals surface area contributed by atoms with Crippen molar-refractivity contribution in [3.63, 3.8) is 0 Å². The van der Waals surface area contributed by atoms with Crippen LogP contribution < -0.4 is 5.32 Å². The second kappa shape index (κ2) is 7.96. The summed E-state index contributed by atoms with van der Waals surface area (Å²) >= 11 is 3.47. The third kappa shape index (κ3) is 4.56. The summed E-state index contributed by atoms with van der Waals surface area (Å²) in [5, 5.41) is 3.34. The molecule has 1 aliphatic heterocycles. The number of aromatic nitrogens is 1. The Kier molecular flexibility index (Phi) is 6.26. The van der Waals surface area contributed by atoms with Gasteiger partial charge >= 0.3 is 0 Å². The molecule has 2 rings (SSSR count). The minimum absolute atomic E-state index is 0.101. The molecule has 1 aromatic rings. The van der Waals surface area contributed by atoms with Crippen molar-refractivity contribution in [2.75, 3.05) is 46.3 Å². The number of amides is 1. The van der Waals surface area contributed by atoms with Gasteiger partial charge in [0.25, 0.3) is 5.91 Å². The zero-order valence-electron chi connectivity index (χ0n) is 12.9. The predicted octanol–water partition coefficient (Wildman–Crippen LogP) is 1.64. The molecule has 0 radical (unpaired) electrons. The van der Waals surface area contributed by atoms with Crippen LogP contribution in [0.25, 0.3) is 0 Å². The highest BCUT2D eigenvalue weighted by Gasteiger charge is 2.18. The van der Waals surface area contributed by atoms with E-state index in [2.05, 4.69) is 33.1 Å². The van der Waals surface area contributed by atoms with Crippen molar-refractivity contribution in [2.24, 2.45) is 0 Å². The summed E-state index contributed by atoms with van der Waals surface area (Å²) in [6.45, 7) is 8.94. The molecule has 118 valence electrons. The fraction of sp³-hybridized carbons (Fsp3) is 0.667. The summed E-state index contributed by atoms with van der Waals surface area (Å²) < 4.78 is 3.00. The number of aryl methyl sites for hydroxylation is 1. The van der Waals surface area contributed by atoms with Gasteiger partial charge in [0.05, 0.1) is 0 Å². The van der Waals surface area contributed by atoms with Crippen LogP contribution in [0.15, 0.2) is 16.7 Å². The van der Waals surface area contributed by atoms with Gasteiger partial charge in [-0.1, -0.05) is 6.92 Å². The van der Waals surface area contributed by atoms with Gasteiger partial charge in [0.1, 0.15) is 5.69 Å². The van der Waals surface area contributed by atoms with E-state index in [0.29, 0.717) is 0 Å². The van der Waals surface area contributed by atoms with Crippen LogP contribution in [0.1, 0.15) is 23.8 Å². The van der Waals surface area contributed by atoms with Crippen molar-refractivity contribution < 1.29 is 4.79 Å². The van der Waals surface area contributed by atoms with E-state index < -0.39 is 0 Å². The Bertz CT molecular complexity index is 468. The van der Waals surface area contributed by atoms with Gasteiger partial charge in [0, 0.05) is 63.5 Å². The molecule has 2 heterocycles. The van der Waals surface area contributed by atoms with Crippen LogP contribution in [-0.2, 0) is 6.54 Å². The number of nitrogens with zero attached hydrogens (tertiary/aromatic N) is 3. The average Bonchev–Trinajstić information content (AvgIpc) is 2.86. The Morgan fingerprint density at radius 1 is 1.38 bits per heavy atom. The van der Waals surface area contributed by atoms with E-state index in [4.69, 9.17) is 0 Å². The predicted molar refractivity (Wildman–Crippen MR) is 88.7 cm³/mol. The second-order valence-corrected chi connectivity index (χ2v) is 6.47. The molecule has 0 aliphatic carbocycles. The van der Waals surface area contributed by atoms with Crippen molar-refractivity contribution in [1.29, 1.82) is 0 Å². The Balaban J connectivity index is 1.92. The van der Waals surface area contributed by atoms with Crippen molar-refractivity contribution in [3.8, 4) is 0 Å². The molecule has 0 atom stereocenters. The molecule has 1 fully saturated rings. The third-order valence-corrected chi connectivity index (χ3v) is 4.29. The van der Waals surface area contributed by atoms with Crippen LogP contribution in [0.4, 0.5) is 0 Å². The monoisotopic (exact) mass is 356 g/mol. The van der Waals surface area contributed by atoms with Crippen molar-refractivity contribution in [1.82, 2.24) is 19.7 Å². The number of piperazine rings is 1. The molecule has 1 saturated heterocycles. The molecule has 0 unspecified atom stereocenters. The lowest BCUT2D eigenvalue weighted by molar-refractivity contribution is 0.0764. The van der Waals surface area contributed by atoms with E-state index in [0.717, 1.165) is 62.4 Å². The highest BCUT2D eigenvalue weighted by atomic mass is 79.9. The van der Waals surface area contributed by atoms with E-state index in [1.165, 1.54) is 0 Å². The molecule has 21 heavy (non-hydrogen) atoms. The molecule has 1 aromatic heterocycles. The Hall–Kier alpha value is -0.850. The van der Waals surface area contributed by atoms with Gasteiger partial charge in [0.2, 0.25) is 0 Å². The van der Waals surface area contributed by atoms with E-state index in [1.54, 1.807) is 0 Å². The molecule has 0 saturated carbocycles. The molecule has 0 spiro atoms. The average molecular weight is 357 g/mol. The highest BCUT2D eigenvalue weighted by molar-refractivity contribution is 9.10. The molecule has 0 bridgehead atoms. The first-order valence-corrected chi connectivity index (χ1v) is 8.45. The minimum Gasteiger partial charge on any atom is -0.342 e. The van der Waals surface area contributed by atoms with Gasteiger partial charge in [-0.25, -0.2) is 0 Å². The molecular weight excluding hydrogens is 332 g/mol. The van der Waals surface area contributed by atoms with Crippen molar-refractivity contribution >= 4 is 21.8 Å². The lowest BCUT2D eigenvalue weighted by atomic mass is 10.3. The van der Waals surface area contributed by atoms with Crippen LogP contribution in [0.2, 0.25) is 0 Å². The Labute approximate surface area is 135 Å². The molecule has 1 N–H and O–H groups in total. The smallest absolute Gasteiger partial charge is 0.270 e. The Morgan fingerprint density at radius 3 is 2.76 bits per heavy atom. The first-order chi connectivity index (χ1) is 10.1. The lowest BCUT2D eigenvalue weighted by Gasteiger charge is -2.29. The van der Waals surface area contributed by atoms with Gasteiger partial charge in [0.15, 0.2) is 0 Å². The Morgan fingerprint density at radius 2 is 2.10 bits per heavy atom. The van der Waals surface area contributed by atoms with E-state index >= 15 is 0 Å². The largest absolute Gasteiger partial charge is 0.342 e. The first-order valence-electron chi connectivity index (χ1n) is 7.66. The van der Waals surface area contributed by atoms with E-state index in [1.807, 2.05) is 28.8 Å². The number of hydrogen-bond donors (Lipinski definition) is 1. The molecule has 1 aliphatic rings. The fourth-order valence-corrected chi connectivity index (χ4v) is 3.07. The van der Waals surface area contributed by atoms with Gasteiger partial charge in [-0.05, 0) is 28.4 Å². The maximum Gasteiger partial charge on any atom is 0.270 e. The first kappa shape index (κ1) is 16.5. The number of carbonyl (C=O) groups is 1. The topological polar surface area (TPSA) is 40.5 Å². The zero-order chi connectivity index (χ0) is 15.2. The number of likely N-dealkylation sites (N-methyl/N-ethyl adjacent to an activating group) is 1. The molecule has 1 amide bonds. The second-order valence-electron chi connectivity index (χ2n) is 5.56. The highest BCUT2D eigenvalue weighted by Crippen LogP contribution is 2.17. The summed E-state index contributed by atoms with van der Waals surface area (Å²) in [7, 11) is 1.89. The van der Waals surface area contributed by atoms with Gasteiger partial charge in [-0.15, -0.1) is 0 Å². The number of halogens is 1. The van der Waals surface area contributed by atoms with Crippen LogP contribution >= 0.6 is 15.9 Å². The van der Waals surface area contributed by atoms with Gasteiger partial charge in [-0.3, -0.25) is 9.69 Å². The SMILES string of the molecule is CCCn1cc(Br)cc1C(=O)N(C)CCN1CCNCC1. The summed E-state index contributed by atoms with van der Waals surface area (Å²) in [6, 6.07) is 1.92. The zero-order valence-corrected chi connectivity index (χ0v) is 14.5. The lowest BCUT2D eigenvalue weighted by Crippen LogP contribution is -2.46. The van der Waals surface area contributed by atoms with Crippen LogP contribution in [-0.4, -0.2) is 66.6 Å². The third-order valence-electron chi connectivity index (χ3n) is 3.85. The van der Waals surface area contributed by atoms with Crippen LogP contribution in [0, 0.1) is 0 Å². The number of carbonyl (C=O) groups excluding carboxylic acids is 1. The van der Waals surface area contributed by atoms with Crippen LogP contribution in [0.5, 0.6) is 0 Å². The van der Waals surface area contributed by atoms with Crippen molar-refractivity contribution in [3.05, 3.63) is 22.4 Å². The quantitative estimate of drug-likeness (QED) is 0.842. The van der Waals surface area contributed by atoms with Gasteiger partial charge in [-0.2, -0.15) is 0 Å². The standard InChI is InChI=1S/C15H25BrN4O/c1-3-6-20-12-13(16)11-14(20)15(21)18(2)9-10-19-7-4-17-5-8-19/h11-12,17H,3-10H2,1-2H3. The summed E-state index contributed by atoms with van der Waals surface area (Å²) in [4.78, 5) is 16.8. The number of nitrogens with one attached hydrogen (secondary N) is 1. The number of rotatable bonds is 6.